The Hall–Kier alpha value is -2.06. The summed E-state index contributed by atoms with van der Waals surface area (Å²) in [6.45, 7) is 1.94. The van der Waals surface area contributed by atoms with Crippen LogP contribution in [0.4, 0.5) is 0 Å². The number of hydrogen-bond donors (Lipinski definition) is 1. The molecule has 0 saturated carbocycles. The van der Waals surface area contributed by atoms with Gasteiger partial charge < -0.3 is 5.11 Å². The molecule has 0 saturated heterocycles. The van der Waals surface area contributed by atoms with Crippen LogP contribution in [-0.4, -0.2) is 10.1 Å². The van der Waals surface area contributed by atoms with E-state index in [1.165, 1.54) is 0 Å². The quantitative estimate of drug-likeness (QED) is 0.702. The molecule has 3 heteroatoms. The molecule has 1 N–H and O–H groups in total. The smallest absolute Gasteiger partial charge is 0.116 e. The first kappa shape index (κ1) is 12.0. The molecule has 3 aromatic rings. The fourth-order valence-corrected chi connectivity index (χ4v) is 2.47. The Morgan fingerprint density at radius 1 is 1.05 bits per heavy atom. The van der Waals surface area contributed by atoms with Gasteiger partial charge in [-0.2, -0.15) is 0 Å². The number of benzene rings is 2. The summed E-state index contributed by atoms with van der Waals surface area (Å²) >= 11 is 6.21. The van der Waals surface area contributed by atoms with Crippen molar-refractivity contribution in [2.75, 3.05) is 0 Å². The zero-order valence-electron chi connectivity index (χ0n) is 10.4. The highest BCUT2D eigenvalue weighted by molar-refractivity contribution is 6.35. The molecule has 0 aliphatic rings. The highest BCUT2D eigenvalue weighted by atomic mass is 35.5. The van der Waals surface area contributed by atoms with Crippen molar-refractivity contribution in [1.82, 2.24) is 4.98 Å². The van der Waals surface area contributed by atoms with Gasteiger partial charge in [0.25, 0.3) is 0 Å². The highest BCUT2D eigenvalue weighted by Crippen LogP contribution is 2.33. The van der Waals surface area contributed by atoms with E-state index in [0.717, 1.165) is 27.7 Å². The van der Waals surface area contributed by atoms with Crippen LogP contribution >= 0.6 is 11.6 Å². The lowest BCUT2D eigenvalue weighted by Crippen LogP contribution is -1.89. The van der Waals surface area contributed by atoms with E-state index in [2.05, 4.69) is 4.98 Å². The Morgan fingerprint density at radius 2 is 1.84 bits per heavy atom. The number of para-hydroxylation sites is 1. The van der Waals surface area contributed by atoms with Crippen LogP contribution < -0.4 is 0 Å². The number of halogens is 1. The molecule has 1 heterocycles. The van der Waals surface area contributed by atoms with Gasteiger partial charge in [-0.25, -0.2) is 0 Å². The molecule has 0 radical (unpaired) electrons. The van der Waals surface area contributed by atoms with Crippen molar-refractivity contribution in [3.05, 3.63) is 59.2 Å². The molecule has 3 rings (SSSR count). The zero-order valence-corrected chi connectivity index (χ0v) is 11.1. The van der Waals surface area contributed by atoms with Crippen LogP contribution in [0.1, 0.15) is 5.69 Å². The molecular weight excluding hydrogens is 258 g/mol. The van der Waals surface area contributed by atoms with Crippen LogP contribution in [0.3, 0.4) is 0 Å². The minimum absolute atomic E-state index is 0.252. The van der Waals surface area contributed by atoms with Gasteiger partial charge in [0.05, 0.1) is 10.5 Å². The Bertz CT molecular complexity index is 768. The highest BCUT2D eigenvalue weighted by Gasteiger charge is 2.09. The molecule has 0 amide bonds. The number of rotatable bonds is 1. The fraction of sp³-hybridized carbons (Fsp3) is 0.0625. The molecule has 2 nitrogen and oxygen atoms in total. The molecule has 0 atom stereocenters. The SMILES string of the molecule is Cc1cc(-c2cccc(O)c2)c2cccc(Cl)c2n1. The van der Waals surface area contributed by atoms with Crippen molar-refractivity contribution in [2.24, 2.45) is 0 Å². The maximum Gasteiger partial charge on any atom is 0.116 e. The van der Waals surface area contributed by atoms with Crippen molar-refractivity contribution in [1.29, 1.82) is 0 Å². The van der Waals surface area contributed by atoms with E-state index in [4.69, 9.17) is 11.6 Å². The van der Waals surface area contributed by atoms with Gasteiger partial charge in [-0.3, -0.25) is 4.98 Å². The second-order valence-electron chi connectivity index (χ2n) is 4.50. The molecule has 94 valence electrons. The van der Waals surface area contributed by atoms with Gasteiger partial charge in [0.2, 0.25) is 0 Å². The topological polar surface area (TPSA) is 33.1 Å². The van der Waals surface area contributed by atoms with E-state index in [1.807, 2.05) is 43.3 Å². The second kappa shape index (κ2) is 4.56. The lowest BCUT2D eigenvalue weighted by atomic mass is 10.00. The van der Waals surface area contributed by atoms with Gasteiger partial charge >= 0.3 is 0 Å². The third kappa shape index (κ3) is 2.15. The van der Waals surface area contributed by atoms with Crippen molar-refractivity contribution < 1.29 is 5.11 Å². The molecule has 19 heavy (non-hydrogen) atoms. The Kier molecular flexibility index (Phi) is 2.88. The molecule has 2 aromatic carbocycles. The van der Waals surface area contributed by atoms with Gasteiger partial charge in [-0.1, -0.05) is 35.9 Å². The lowest BCUT2D eigenvalue weighted by Gasteiger charge is -2.09. The number of fused-ring (bicyclic) bond motifs is 1. The van der Waals surface area contributed by atoms with Gasteiger partial charge in [-0.05, 0) is 42.3 Å². The van der Waals surface area contributed by atoms with E-state index in [-0.39, 0.29) is 5.75 Å². The first-order chi connectivity index (χ1) is 9.15. The van der Waals surface area contributed by atoms with Crippen molar-refractivity contribution >= 4 is 22.5 Å². The van der Waals surface area contributed by atoms with Gasteiger partial charge in [0.15, 0.2) is 0 Å². The standard InChI is InChI=1S/C16H12ClNO/c1-10-8-14(11-4-2-5-12(19)9-11)13-6-3-7-15(17)16(13)18-10/h2-9,19H,1H3. The molecule has 0 fully saturated rings. The molecular formula is C16H12ClNO. The van der Waals surface area contributed by atoms with E-state index >= 15 is 0 Å². The summed E-state index contributed by atoms with van der Waals surface area (Å²) in [5, 5.41) is 11.3. The molecule has 0 aliphatic carbocycles. The number of pyridine rings is 1. The first-order valence-corrected chi connectivity index (χ1v) is 6.38. The first-order valence-electron chi connectivity index (χ1n) is 6.00. The number of aryl methyl sites for hydroxylation is 1. The van der Waals surface area contributed by atoms with Crippen molar-refractivity contribution in [2.45, 2.75) is 6.92 Å². The van der Waals surface area contributed by atoms with E-state index in [9.17, 15) is 5.11 Å². The number of aromatic nitrogens is 1. The van der Waals surface area contributed by atoms with Crippen molar-refractivity contribution in [3.8, 4) is 16.9 Å². The van der Waals surface area contributed by atoms with Crippen LogP contribution in [0, 0.1) is 6.92 Å². The van der Waals surface area contributed by atoms with E-state index in [0.29, 0.717) is 5.02 Å². The Balaban J connectivity index is 2.38. The number of aromatic hydroxyl groups is 1. The predicted octanol–water partition coefficient (Wildman–Crippen LogP) is 4.57. The summed E-state index contributed by atoms with van der Waals surface area (Å²) in [7, 11) is 0. The van der Waals surface area contributed by atoms with Crippen LogP contribution in [0.25, 0.3) is 22.0 Å². The third-order valence-electron chi connectivity index (χ3n) is 3.08. The average molecular weight is 270 g/mol. The fourth-order valence-electron chi connectivity index (χ4n) is 2.25. The molecule has 0 spiro atoms. The van der Waals surface area contributed by atoms with Crippen LogP contribution in [0.5, 0.6) is 5.75 Å². The Morgan fingerprint density at radius 3 is 2.63 bits per heavy atom. The Labute approximate surface area is 116 Å². The average Bonchev–Trinajstić information content (AvgIpc) is 2.39. The van der Waals surface area contributed by atoms with Crippen LogP contribution in [0.2, 0.25) is 5.02 Å². The summed E-state index contributed by atoms with van der Waals surface area (Å²) < 4.78 is 0. The van der Waals surface area contributed by atoms with Crippen molar-refractivity contribution in [3.63, 3.8) is 0 Å². The molecule has 0 aliphatic heterocycles. The van der Waals surface area contributed by atoms with E-state index in [1.54, 1.807) is 12.1 Å². The largest absolute Gasteiger partial charge is 0.508 e. The summed E-state index contributed by atoms with van der Waals surface area (Å²) in [4.78, 5) is 4.49. The monoisotopic (exact) mass is 269 g/mol. The van der Waals surface area contributed by atoms with Crippen LogP contribution in [-0.2, 0) is 0 Å². The number of nitrogens with zero attached hydrogens (tertiary/aromatic N) is 1. The summed E-state index contributed by atoms with van der Waals surface area (Å²) in [5.41, 5.74) is 3.68. The predicted molar refractivity (Wildman–Crippen MR) is 78.6 cm³/mol. The zero-order chi connectivity index (χ0) is 13.4. The number of phenolic OH excluding ortho intramolecular Hbond substituents is 1. The number of phenols is 1. The minimum atomic E-state index is 0.252. The third-order valence-corrected chi connectivity index (χ3v) is 3.38. The lowest BCUT2D eigenvalue weighted by molar-refractivity contribution is 0.475. The number of hydrogen-bond acceptors (Lipinski definition) is 2. The maximum atomic E-state index is 9.63. The van der Waals surface area contributed by atoms with Crippen LogP contribution in [0.15, 0.2) is 48.5 Å². The second-order valence-corrected chi connectivity index (χ2v) is 4.90. The maximum absolute atomic E-state index is 9.63. The molecule has 1 aromatic heterocycles. The summed E-state index contributed by atoms with van der Waals surface area (Å²) in [6, 6.07) is 14.9. The van der Waals surface area contributed by atoms with Gasteiger partial charge in [0.1, 0.15) is 5.75 Å². The minimum Gasteiger partial charge on any atom is -0.508 e. The molecule has 0 unspecified atom stereocenters. The van der Waals surface area contributed by atoms with Gasteiger partial charge in [-0.15, -0.1) is 0 Å². The van der Waals surface area contributed by atoms with Gasteiger partial charge in [0, 0.05) is 11.1 Å². The summed E-state index contributed by atoms with van der Waals surface area (Å²) in [5.74, 6) is 0.252. The molecule has 0 bridgehead atoms. The van der Waals surface area contributed by atoms with E-state index < -0.39 is 0 Å². The summed E-state index contributed by atoms with van der Waals surface area (Å²) in [6.07, 6.45) is 0. The normalized spacial score (nSPS) is 10.8.